The minimum Gasteiger partial charge on any atom is -0.323 e. The number of benzene rings is 2. The molecule has 140 valence electrons. The fourth-order valence-corrected chi connectivity index (χ4v) is 3.20. The monoisotopic (exact) mass is 351 g/mol. The molecule has 3 rings (SSSR count). The van der Waals surface area contributed by atoms with Gasteiger partial charge in [-0.2, -0.15) is 0 Å². The third kappa shape index (κ3) is 5.99. The zero-order chi connectivity index (χ0) is 18.6. The third-order valence-corrected chi connectivity index (χ3v) is 4.48. The predicted octanol–water partition coefficient (Wildman–Crippen LogP) is 5.45. The van der Waals surface area contributed by atoms with Crippen LogP contribution in [0.1, 0.15) is 51.6 Å². The summed E-state index contributed by atoms with van der Waals surface area (Å²) in [5.41, 5.74) is 2.58. The summed E-state index contributed by atoms with van der Waals surface area (Å²) >= 11 is 0. The lowest BCUT2D eigenvalue weighted by atomic mass is 9.99. The van der Waals surface area contributed by atoms with E-state index in [1.165, 1.54) is 37.2 Å². The smallest absolute Gasteiger partial charge is 0.101 e. The molecular weight excluding hydrogens is 318 g/mol. The Balaban J connectivity index is 0.000000298. The van der Waals surface area contributed by atoms with Gasteiger partial charge >= 0.3 is 0 Å². The molecule has 2 aromatic carbocycles. The standard InChI is InChI=1S/C17H18N2.C6H15N/c1-14-18-13-12-17(15-8-4-2-5-9-15)19(14)16-10-6-3-7-11-16;1-3-5-7-6-4-2/h2-11,17H,12-13H2,1H3;7H,3-6H2,1-2H3. The number of para-hydroxylation sites is 1. The molecular formula is C23H33N3. The summed E-state index contributed by atoms with van der Waals surface area (Å²) in [7, 11) is 0. The van der Waals surface area contributed by atoms with Crippen molar-refractivity contribution in [3.05, 3.63) is 66.2 Å². The van der Waals surface area contributed by atoms with Gasteiger partial charge in [0.1, 0.15) is 5.84 Å². The van der Waals surface area contributed by atoms with Gasteiger partial charge in [-0.25, -0.2) is 0 Å². The van der Waals surface area contributed by atoms with Crippen LogP contribution in [0, 0.1) is 0 Å². The Morgan fingerprint density at radius 1 is 0.923 bits per heavy atom. The molecule has 0 fully saturated rings. The molecule has 1 aliphatic heterocycles. The van der Waals surface area contributed by atoms with Crippen LogP contribution in [-0.2, 0) is 0 Å². The average Bonchev–Trinajstić information content (AvgIpc) is 2.70. The molecule has 2 aromatic rings. The first-order valence-electron chi connectivity index (χ1n) is 9.88. The Bertz CT molecular complexity index is 633. The van der Waals surface area contributed by atoms with E-state index < -0.39 is 0 Å². The van der Waals surface area contributed by atoms with Gasteiger partial charge < -0.3 is 10.2 Å². The second kappa shape index (κ2) is 11.5. The molecule has 3 nitrogen and oxygen atoms in total. The van der Waals surface area contributed by atoms with Crippen molar-refractivity contribution < 1.29 is 0 Å². The van der Waals surface area contributed by atoms with E-state index in [4.69, 9.17) is 0 Å². The quantitative estimate of drug-likeness (QED) is 0.701. The van der Waals surface area contributed by atoms with Gasteiger partial charge in [0.25, 0.3) is 0 Å². The highest BCUT2D eigenvalue weighted by Crippen LogP contribution is 2.32. The number of rotatable bonds is 6. The van der Waals surface area contributed by atoms with Crippen LogP contribution in [0.4, 0.5) is 5.69 Å². The summed E-state index contributed by atoms with van der Waals surface area (Å²) in [6.07, 6.45) is 3.57. The lowest BCUT2D eigenvalue weighted by Gasteiger charge is -2.36. The Labute approximate surface area is 159 Å². The maximum Gasteiger partial charge on any atom is 0.101 e. The van der Waals surface area contributed by atoms with Gasteiger partial charge in [0, 0.05) is 12.2 Å². The fourth-order valence-electron chi connectivity index (χ4n) is 3.20. The average molecular weight is 352 g/mol. The zero-order valence-corrected chi connectivity index (χ0v) is 16.5. The summed E-state index contributed by atoms with van der Waals surface area (Å²) in [4.78, 5) is 6.95. The SMILES string of the molecule is CC1=NCCC(c2ccccc2)N1c1ccccc1.CCCNCCC. The first-order valence-corrected chi connectivity index (χ1v) is 9.88. The normalized spacial score (nSPS) is 16.5. The summed E-state index contributed by atoms with van der Waals surface area (Å²) in [6.45, 7) is 9.73. The van der Waals surface area contributed by atoms with Crippen molar-refractivity contribution in [1.29, 1.82) is 0 Å². The number of aliphatic imine (C=N–C) groups is 1. The predicted molar refractivity (Wildman–Crippen MR) is 114 cm³/mol. The molecule has 1 atom stereocenters. The van der Waals surface area contributed by atoms with Gasteiger partial charge in [-0.15, -0.1) is 0 Å². The molecule has 0 aromatic heterocycles. The minimum absolute atomic E-state index is 0.390. The Morgan fingerprint density at radius 2 is 1.50 bits per heavy atom. The van der Waals surface area contributed by atoms with Gasteiger partial charge in [0.2, 0.25) is 0 Å². The Kier molecular flexibility index (Phi) is 8.91. The van der Waals surface area contributed by atoms with Crippen LogP contribution in [0.25, 0.3) is 0 Å². The molecule has 0 radical (unpaired) electrons. The lowest BCUT2D eigenvalue weighted by molar-refractivity contribution is 0.624. The van der Waals surface area contributed by atoms with Crippen LogP contribution < -0.4 is 10.2 Å². The zero-order valence-electron chi connectivity index (χ0n) is 16.5. The van der Waals surface area contributed by atoms with Crippen molar-refractivity contribution in [2.45, 2.75) is 46.1 Å². The van der Waals surface area contributed by atoms with Crippen molar-refractivity contribution in [1.82, 2.24) is 5.32 Å². The number of hydrogen-bond acceptors (Lipinski definition) is 3. The van der Waals surface area contributed by atoms with E-state index in [-0.39, 0.29) is 0 Å². The van der Waals surface area contributed by atoms with Crippen LogP contribution in [0.15, 0.2) is 65.7 Å². The maximum atomic E-state index is 4.61. The topological polar surface area (TPSA) is 27.6 Å². The molecule has 0 saturated carbocycles. The number of anilines is 1. The highest BCUT2D eigenvalue weighted by molar-refractivity contribution is 5.97. The largest absolute Gasteiger partial charge is 0.323 e. The lowest BCUT2D eigenvalue weighted by Crippen LogP contribution is -2.37. The number of nitrogens with zero attached hydrogens (tertiary/aromatic N) is 2. The van der Waals surface area contributed by atoms with Gasteiger partial charge in [-0.1, -0.05) is 62.4 Å². The molecule has 0 aliphatic carbocycles. The van der Waals surface area contributed by atoms with Crippen molar-refractivity contribution in [2.24, 2.45) is 4.99 Å². The second-order valence-corrected chi connectivity index (χ2v) is 6.60. The Morgan fingerprint density at radius 3 is 2.08 bits per heavy atom. The molecule has 26 heavy (non-hydrogen) atoms. The summed E-state index contributed by atoms with van der Waals surface area (Å²) in [5, 5.41) is 3.28. The van der Waals surface area contributed by atoms with Crippen molar-refractivity contribution >= 4 is 11.5 Å². The molecule has 3 heteroatoms. The van der Waals surface area contributed by atoms with Crippen LogP contribution >= 0.6 is 0 Å². The molecule has 0 spiro atoms. The number of nitrogens with one attached hydrogen (secondary N) is 1. The van der Waals surface area contributed by atoms with E-state index in [1.807, 2.05) is 0 Å². The molecule has 0 saturated heterocycles. The molecule has 1 heterocycles. The molecule has 1 aliphatic rings. The minimum atomic E-state index is 0.390. The molecule has 0 bridgehead atoms. The van der Waals surface area contributed by atoms with Gasteiger partial charge in [-0.3, -0.25) is 4.99 Å². The van der Waals surface area contributed by atoms with Gasteiger partial charge in [0.15, 0.2) is 0 Å². The van der Waals surface area contributed by atoms with E-state index in [0.717, 1.165) is 18.8 Å². The van der Waals surface area contributed by atoms with Crippen molar-refractivity contribution in [3.8, 4) is 0 Å². The number of hydrogen-bond donors (Lipinski definition) is 1. The van der Waals surface area contributed by atoms with Crippen molar-refractivity contribution in [3.63, 3.8) is 0 Å². The highest BCUT2D eigenvalue weighted by atomic mass is 15.2. The molecule has 1 unspecified atom stereocenters. The van der Waals surface area contributed by atoms with Crippen LogP contribution in [-0.4, -0.2) is 25.5 Å². The maximum absolute atomic E-state index is 4.61. The third-order valence-electron chi connectivity index (χ3n) is 4.48. The Hall–Kier alpha value is -2.13. The van der Waals surface area contributed by atoms with Crippen molar-refractivity contribution in [2.75, 3.05) is 24.5 Å². The first-order chi connectivity index (χ1) is 12.8. The van der Waals surface area contributed by atoms with Gasteiger partial charge in [0.05, 0.1) is 6.04 Å². The summed E-state index contributed by atoms with van der Waals surface area (Å²) in [5.74, 6) is 1.10. The second-order valence-electron chi connectivity index (χ2n) is 6.60. The summed E-state index contributed by atoms with van der Waals surface area (Å²) in [6, 6.07) is 21.6. The van der Waals surface area contributed by atoms with Gasteiger partial charge in [-0.05, 0) is 57.0 Å². The van der Waals surface area contributed by atoms with Crippen LogP contribution in [0.2, 0.25) is 0 Å². The first kappa shape index (κ1) is 20.2. The van der Waals surface area contributed by atoms with Crippen LogP contribution in [0.3, 0.4) is 0 Å². The fraction of sp³-hybridized carbons (Fsp3) is 0.435. The summed E-state index contributed by atoms with van der Waals surface area (Å²) < 4.78 is 0. The number of amidine groups is 1. The van der Waals surface area contributed by atoms with E-state index in [2.05, 4.69) is 96.6 Å². The van der Waals surface area contributed by atoms with E-state index in [0.29, 0.717) is 6.04 Å². The van der Waals surface area contributed by atoms with E-state index >= 15 is 0 Å². The van der Waals surface area contributed by atoms with E-state index in [1.54, 1.807) is 0 Å². The highest BCUT2D eigenvalue weighted by Gasteiger charge is 2.25. The molecule has 1 N–H and O–H groups in total. The van der Waals surface area contributed by atoms with Crippen LogP contribution in [0.5, 0.6) is 0 Å². The van der Waals surface area contributed by atoms with E-state index in [9.17, 15) is 0 Å². The molecule has 0 amide bonds.